The van der Waals surface area contributed by atoms with E-state index in [0.717, 1.165) is 27.8 Å². The van der Waals surface area contributed by atoms with Crippen LogP contribution in [-0.4, -0.2) is 22.0 Å². The van der Waals surface area contributed by atoms with Crippen LogP contribution >= 0.6 is 34.5 Å². The van der Waals surface area contributed by atoms with Crippen LogP contribution in [0.4, 0.5) is 5.13 Å². The summed E-state index contributed by atoms with van der Waals surface area (Å²) < 4.78 is 0.913. The number of allylic oxidation sites excluding steroid dienone is 2. The van der Waals surface area contributed by atoms with Crippen molar-refractivity contribution in [3.05, 3.63) is 58.6 Å². The van der Waals surface area contributed by atoms with E-state index in [-0.39, 0.29) is 17.7 Å². The van der Waals surface area contributed by atoms with Crippen LogP contribution in [0.15, 0.2) is 48.6 Å². The van der Waals surface area contributed by atoms with Crippen molar-refractivity contribution in [1.29, 1.82) is 0 Å². The van der Waals surface area contributed by atoms with E-state index in [1.165, 1.54) is 11.3 Å². The number of nitrogens with zero attached hydrogens (tertiary/aromatic N) is 1. The fraction of sp³-hybridized carbons (Fsp3) is 0.227. The number of nitrogens with one attached hydrogen (secondary N) is 1. The topological polar surface area (TPSA) is 79.3 Å². The monoisotopic (exact) mass is 458 g/mol. The molecule has 2 aromatic carbocycles. The van der Waals surface area contributed by atoms with Crippen LogP contribution in [0, 0.1) is 23.7 Å². The summed E-state index contributed by atoms with van der Waals surface area (Å²) in [5.74, 6) is -2.50. The molecule has 0 aliphatic heterocycles. The van der Waals surface area contributed by atoms with Gasteiger partial charge in [-0.1, -0.05) is 58.8 Å². The second-order valence-corrected chi connectivity index (χ2v) is 9.50. The molecule has 1 saturated carbocycles. The first-order valence-electron chi connectivity index (χ1n) is 9.49. The van der Waals surface area contributed by atoms with Crippen LogP contribution in [0.3, 0.4) is 0 Å². The molecule has 0 saturated heterocycles. The molecule has 8 heteroatoms. The Labute approximate surface area is 186 Å². The van der Waals surface area contributed by atoms with Gasteiger partial charge in [-0.2, -0.15) is 0 Å². The third kappa shape index (κ3) is 3.29. The molecule has 1 heterocycles. The third-order valence-electron chi connectivity index (χ3n) is 5.92. The summed E-state index contributed by atoms with van der Waals surface area (Å²) in [4.78, 5) is 29.1. The molecule has 1 aromatic heterocycles. The first-order chi connectivity index (χ1) is 14.4. The maximum Gasteiger partial charge on any atom is 0.307 e. The van der Waals surface area contributed by atoms with Crippen molar-refractivity contribution in [2.45, 2.75) is 6.42 Å². The van der Waals surface area contributed by atoms with Gasteiger partial charge in [-0.05, 0) is 53.6 Å². The lowest BCUT2D eigenvalue weighted by Gasteiger charge is -2.23. The van der Waals surface area contributed by atoms with E-state index in [2.05, 4.69) is 10.3 Å². The molecule has 0 radical (unpaired) electrons. The maximum atomic E-state index is 12.9. The predicted octanol–water partition coefficient (Wildman–Crippen LogP) is 5.73. The molecule has 30 heavy (non-hydrogen) atoms. The summed E-state index contributed by atoms with van der Waals surface area (Å²) in [6.07, 6.45) is 4.62. The zero-order valence-corrected chi connectivity index (χ0v) is 17.8. The minimum absolute atomic E-state index is 0.0215. The number of aliphatic carboxylic acids is 1. The average Bonchev–Trinajstić information content (AvgIpc) is 3.42. The van der Waals surface area contributed by atoms with Crippen LogP contribution in [0.2, 0.25) is 10.0 Å². The largest absolute Gasteiger partial charge is 0.481 e. The van der Waals surface area contributed by atoms with Crippen LogP contribution in [-0.2, 0) is 9.59 Å². The fourth-order valence-corrected chi connectivity index (χ4v) is 5.74. The molecule has 2 bridgehead atoms. The van der Waals surface area contributed by atoms with Gasteiger partial charge in [0.2, 0.25) is 5.91 Å². The van der Waals surface area contributed by atoms with E-state index in [4.69, 9.17) is 23.2 Å². The van der Waals surface area contributed by atoms with Crippen LogP contribution in [0.5, 0.6) is 0 Å². The summed E-state index contributed by atoms with van der Waals surface area (Å²) in [5.41, 5.74) is 2.66. The number of hydrogen-bond acceptors (Lipinski definition) is 4. The molecular formula is C22H16Cl2N2O3S. The Balaban J connectivity index is 1.40. The first kappa shape index (κ1) is 19.5. The van der Waals surface area contributed by atoms with Gasteiger partial charge < -0.3 is 10.4 Å². The highest BCUT2D eigenvalue weighted by Gasteiger charge is 2.51. The Morgan fingerprint density at radius 3 is 2.43 bits per heavy atom. The van der Waals surface area contributed by atoms with Crippen molar-refractivity contribution in [3.63, 3.8) is 0 Å². The Kier molecular flexibility index (Phi) is 4.81. The molecule has 2 N–H and O–H groups in total. The van der Waals surface area contributed by atoms with Crippen molar-refractivity contribution in [2.75, 3.05) is 5.32 Å². The normalized spacial score (nSPS) is 24.5. The van der Waals surface area contributed by atoms with Gasteiger partial charge in [0.15, 0.2) is 5.13 Å². The molecule has 2 unspecified atom stereocenters. The highest BCUT2D eigenvalue weighted by atomic mass is 35.5. The molecule has 1 amide bonds. The zero-order chi connectivity index (χ0) is 21.0. The standard InChI is InChI=1S/C22H16Cl2N2O3S/c23-14-5-3-10(8-15(14)24)11-4-6-16-17(9-11)30-22(25-16)26-20(27)18-12-1-2-13(7-12)19(18)21(28)29/h1-6,8-9,12-13,18-19H,7H2,(H,28,29)(H,25,26,27)/t12?,13?,18-,19+/m1/s1. The number of amides is 1. The number of carboxylic acid groups (broad SMARTS) is 1. The number of aromatic nitrogens is 1. The second-order valence-electron chi connectivity index (χ2n) is 7.66. The number of rotatable bonds is 4. The molecule has 3 aromatic rings. The SMILES string of the molecule is O=C(Nc1nc2ccc(-c3ccc(Cl)c(Cl)c3)cc2s1)[C@@H]1C2C=CC(C2)[C@@H]1C(=O)O. The molecule has 5 nitrogen and oxygen atoms in total. The second kappa shape index (κ2) is 7.38. The predicted molar refractivity (Wildman–Crippen MR) is 119 cm³/mol. The molecule has 152 valence electrons. The van der Waals surface area contributed by atoms with Gasteiger partial charge in [0.1, 0.15) is 0 Å². The van der Waals surface area contributed by atoms with Gasteiger partial charge in [-0.15, -0.1) is 0 Å². The van der Waals surface area contributed by atoms with Gasteiger partial charge in [0.25, 0.3) is 0 Å². The number of anilines is 1. The summed E-state index contributed by atoms with van der Waals surface area (Å²) >= 11 is 13.5. The van der Waals surface area contributed by atoms with Crippen molar-refractivity contribution < 1.29 is 14.7 Å². The minimum atomic E-state index is -0.914. The Hall–Kier alpha value is -2.41. The Bertz CT molecular complexity index is 1220. The zero-order valence-electron chi connectivity index (χ0n) is 15.5. The van der Waals surface area contributed by atoms with Crippen LogP contribution in [0.25, 0.3) is 21.3 Å². The number of carboxylic acids is 1. The van der Waals surface area contributed by atoms with Crippen LogP contribution in [0.1, 0.15) is 6.42 Å². The average molecular weight is 459 g/mol. The van der Waals surface area contributed by atoms with Gasteiger partial charge in [-0.25, -0.2) is 4.98 Å². The van der Waals surface area contributed by atoms with Crippen molar-refractivity contribution in [1.82, 2.24) is 4.98 Å². The van der Waals surface area contributed by atoms with E-state index < -0.39 is 17.8 Å². The van der Waals surface area contributed by atoms with Crippen molar-refractivity contribution >= 4 is 61.8 Å². The number of halogens is 2. The molecule has 0 spiro atoms. The highest BCUT2D eigenvalue weighted by Crippen LogP contribution is 2.48. The van der Waals surface area contributed by atoms with Gasteiger partial charge in [0.05, 0.1) is 32.1 Å². The quantitative estimate of drug-likeness (QED) is 0.489. The number of thiazole rings is 1. The van der Waals surface area contributed by atoms with Gasteiger partial charge in [-0.3, -0.25) is 9.59 Å². The van der Waals surface area contributed by atoms with E-state index in [9.17, 15) is 14.7 Å². The molecule has 5 rings (SSSR count). The summed E-state index contributed by atoms with van der Waals surface area (Å²) in [6.45, 7) is 0. The van der Waals surface area contributed by atoms with Crippen molar-refractivity contribution in [2.24, 2.45) is 23.7 Å². The number of carbonyl (C=O) groups is 2. The van der Waals surface area contributed by atoms with Gasteiger partial charge in [0, 0.05) is 0 Å². The number of fused-ring (bicyclic) bond motifs is 3. The minimum Gasteiger partial charge on any atom is -0.481 e. The number of carbonyl (C=O) groups excluding carboxylic acids is 1. The van der Waals surface area contributed by atoms with E-state index in [1.807, 2.05) is 42.5 Å². The number of hydrogen-bond donors (Lipinski definition) is 2. The van der Waals surface area contributed by atoms with E-state index in [1.54, 1.807) is 6.07 Å². The lowest BCUT2D eigenvalue weighted by Crippen LogP contribution is -2.36. The summed E-state index contributed by atoms with van der Waals surface area (Å²) in [6, 6.07) is 11.3. The molecular weight excluding hydrogens is 443 g/mol. The highest BCUT2D eigenvalue weighted by molar-refractivity contribution is 7.22. The Morgan fingerprint density at radius 2 is 1.70 bits per heavy atom. The fourth-order valence-electron chi connectivity index (χ4n) is 4.54. The summed E-state index contributed by atoms with van der Waals surface area (Å²) in [5, 5.41) is 13.9. The lowest BCUT2D eigenvalue weighted by molar-refractivity contribution is -0.146. The van der Waals surface area contributed by atoms with Gasteiger partial charge >= 0.3 is 5.97 Å². The molecule has 2 aliphatic rings. The molecule has 2 aliphatic carbocycles. The van der Waals surface area contributed by atoms with Crippen molar-refractivity contribution in [3.8, 4) is 11.1 Å². The lowest BCUT2D eigenvalue weighted by atomic mass is 9.82. The smallest absolute Gasteiger partial charge is 0.307 e. The third-order valence-corrected chi connectivity index (χ3v) is 7.59. The van der Waals surface area contributed by atoms with E-state index in [0.29, 0.717) is 15.2 Å². The Morgan fingerprint density at radius 1 is 1.00 bits per heavy atom. The maximum absolute atomic E-state index is 12.9. The van der Waals surface area contributed by atoms with E-state index >= 15 is 0 Å². The van der Waals surface area contributed by atoms with Crippen LogP contribution < -0.4 is 5.32 Å². The first-order valence-corrected chi connectivity index (χ1v) is 11.1. The molecule has 4 atom stereocenters. The summed E-state index contributed by atoms with van der Waals surface area (Å²) in [7, 11) is 0. The number of benzene rings is 2. The molecule has 1 fully saturated rings.